The first kappa shape index (κ1) is 10.2. The van der Waals surface area contributed by atoms with Crippen molar-refractivity contribution in [2.75, 3.05) is 13.6 Å². The van der Waals surface area contributed by atoms with E-state index >= 15 is 0 Å². The summed E-state index contributed by atoms with van der Waals surface area (Å²) in [6.07, 6.45) is 0.262. The SMILES string of the molecule is CN=CNOC(=O)NCC(=O)O. The van der Waals surface area contributed by atoms with Gasteiger partial charge in [0.15, 0.2) is 0 Å². The summed E-state index contributed by atoms with van der Waals surface area (Å²) in [6, 6.07) is 0. The molecular formula is C5H9N3O4. The number of carbonyl (C=O) groups is 2. The summed E-state index contributed by atoms with van der Waals surface area (Å²) in [5, 5.41) is 10.1. The standard InChI is InChI=1S/C5H9N3O4/c1-6-3-8-12-5(11)7-2-4(9)10/h3H,2H2,1H3,(H,6,8)(H,7,11)(H,9,10). The van der Waals surface area contributed by atoms with E-state index in [9.17, 15) is 9.59 Å². The second kappa shape index (κ2) is 5.96. The van der Waals surface area contributed by atoms with Crippen LogP contribution in [-0.2, 0) is 9.63 Å². The number of aliphatic imine (C=N–C) groups is 1. The molecule has 0 radical (unpaired) electrons. The first-order valence-corrected chi connectivity index (χ1v) is 2.99. The quantitative estimate of drug-likeness (QED) is 0.288. The lowest BCUT2D eigenvalue weighted by atomic mass is 10.7. The van der Waals surface area contributed by atoms with Crippen LogP contribution >= 0.6 is 0 Å². The molecule has 3 N–H and O–H groups in total. The highest BCUT2D eigenvalue weighted by Crippen LogP contribution is 1.69. The zero-order chi connectivity index (χ0) is 9.40. The van der Waals surface area contributed by atoms with Crippen molar-refractivity contribution in [2.24, 2.45) is 4.99 Å². The second-order valence-corrected chi connectivity index (χ2v) is 1.64. The topological polar surface area (TPSA) is 100 Å². The van der Waals surface area contributed by atoms with E-state index in [2.05, 4.69) is 15.3 Å². The van der Waals surface area contributed by atoms with Gasteiger partial charge in [-0.3, -0.25) is 9.79 Å². The molecule has 0 atom stereocenters. The molecule has 0 spiro atoms. The lowest BCUT2D eigenvalue weighted by Crippen LogP contribution is -2.33. The van der Waals surface area contributed by atoms with Crippen molar-refractivity contribution in [3.63, 3.8) is 0 Å². The molecule has 0 rings (SSSR count). The van der Waals surface area contributed by atoms with Gasteiger partial charge in [-0.1, -0.05) is 0 Å². The molecule has 0 aromatic carbocycles. The van der Waals surface area contributed by atoms with E-state index in [1.54, 1.807) is 0 Å². The van der Waals surface area contributed by atoms with E-state index in [-0.39, 0.29) is 0 Å². The maximum Gasteiger partial charge on any atom is 0.431 e. The molecule has 0 aliphatic carbocycles. The number of rotatable bonds is 4. The van der Waals surface area contributed by atoms with Gasteiger partial charge in [-0.05, 0) is 0 Å². The highest BCUT2D eigenvalue weighted by molar-refractivity contribution is 5.76. The summed E-state index contributed by atoms with van der Waals surface area (Å²) >= 11 is 0. The Morgan fingerprint density at radius 1 is 1.67 bits per heavy atom. The van der Waals surface area contributed by atoms with Crippen molar-refractivity contribution < 1.29 is 19.5 Å². The molecule has 12 heavy (non-hydrogen) atoms. The fraction of sp³-hybridized carbons (Fsp3) is 0.400. The van der Waals surface area contributed by atoms with E-state index in [1.807, 2.05) is 5.32 Å². The molecular weight excluding hydrogens is 166 g/mol. The smallest absolute Gasteiger partial charge is 0.431 e. The third-order valence-corrected chi connectivity index (χ3v) is 0.717. The maximum absolute atomic E-state index is 10.5. The Hall–Kier alpha value is -1.79. The Morgan fingerprint density at radius 3 is 2.83 bits per heavy atom. The average Bonchev–Trinajstić information content (AvgIpc) is 2.01. The Kier molecular flexibility index (Phi) is 5.07. The van der Waals surface area contributed by atoms with E-state index in [1.165, 1.54) is 7.05 Å². The molecule has 0 heterocycles. The van der Waals surface area contributed by atoms with Crippen molar-refractivity contribution in [1.82, 2.24) is 10.8 Å². The normalized spacial score (nSPS) is 9.42. The van der Waals surface area contributed by atoms with Crippen LogP contribution in [0.3, 0.4) is 0 Å². The van der Waals surface area contributed by atoms with Crippen molar-refractivity contribution in [2.45, 2.75) is 0 Å². The molecule has 68 valence electrons. The minimum Gasteiger partial charge on any atom is -0.480 e. The van der Waals surface area contributed by atoms with E-state index in [0.29, 0.717) is 0 Å². The van der Waals surface area contributed by atoms with Crippen molar-refractivity contribution in [3.05, 3.63) is 0 Å². The van der Waals surface area contributed by atoms with Gasteiger partial charge < -0.3 is 15.3 Å². The van der Waals surface area contributed by atoms with Crippen LogP contribution in [0.1, 0.15) is 0 Å². The number of carbonyl (C=O) groups excluding carboxylic acids is 1. The monoisotopic (exact) mass is 175 g/mol. The lowest BCUT2D eigenvalue weighted by Gasteiger charge is -2.01. The summed E-state index contributed by atoms with van der Waals surface area (Å²) in [5.74, 6) is -1.14. The molecule has 0 bridgehead atoms. The third-order valence-electron chi connectivity index (χ3n) is 0.717. The summed E-state index contributed by atoms with van der Waals surface area (Å²) in [4.78, 5) is 28.1. The highest BCUT2D eigenvalue weighted by Gasteiger charge is 2.02. The Morgan fingerprint density at radius 2 is 2.33 bits per heavy atom. The molecule has 0 saturated carbocycles. The zero-order valence-electron chi connectivity index (χ0n) is 6.40. The minimum atomic E-state index is -1.14. The largest absolute Gasteiger partial charge is 0.480 e. The molecule has 7 heteroatoms. The predicted octanol–water partition coefficient (Wildman–Crippen LogP) is -1.04. The molecule has 0 aromatic rings. The fourth-order valence-electron chi connectivity index (χ4n) is 0.316. The first-order valence-electron chi connectivity index (χ1n) is 2.99. The molecule has 0 unspecified atom stereocenters. The van der Waals surface area contributed by atoms with E-state index in [0.717, 1.165) is 6.34 Å². The van der Waals surface area contributed by atoms with Crippen LogP contribution in [0.2, 0.25) is 0 Å². The van der Waals surface area contributed by atoms with Gasteiger partial charge in [0.1, 0.15) is 12.9 Å². The number of hydrogen-bond acceptors (Lipinski definition) is 4. The third kappa shape index (κ3) is 6.33. The van der Waals surface area contributed by atoms with Crippen LogP contribution in [0.4, 0.5) is 4.79 Å². The predicted molar refractivity (Wildman–Crippen MR) is 39.7 cm³/mol. The molecule has 0 aliphatic heterocycles. The van der Waals surface area contributed by atoms with Crippen LogP contribution in [-0.4, -0.2) is 37.1 Å². The first-order chi connectivity index (χ1) is 5.66. The molecule has 7 nitrogen and oxygen atoms in total. The minimum absolute atomic E-state index is 0.482. The summed E-state index contributed by atoms with van der Waals surface area (Å²) in [6.45, 7) is -0.482. The van der Waals surface area contributed by atoms with Crippen LogP contribution < -0.4 is 10.8 Å². The van der Waals surface area contributed by atoms with Gasteiger partial charge >= 0.3 is 12.1 Å². The number of nitrogens with one attached hydrogen (secondary N) is 2. The molecule has 0 fully saturated rings. The van der Waals surface area contributed by atoms with Gasteiger partial charge in [0.2, 0.25) is 0 Å². The Balaban J connectivity index is 3.40. The number of aliphatic carboxylic acids is 1. The van der Waals surface area contributed by atoms with Gasteiger partial charge in [-0.25, -0.2) is 10.3 Å². The molecule has 0 saturated heterocycles. The van der Waals surface area contributed by atoms with Gasteiger partial charge in [0.05, 0.1) is 0 Å². The van der Waals surface area contributed by atoms with Crippen molar-refractivity contribution in [3.8, 4) is 0 Å². The molecule has 1 amide bonds. The van der Waals surface area contributed by atoms with Crippen molar-refractivity contribution >= 4 is 18.4 Å². The lowest BCUT2D eigenvalue weighted by molar-refractivity contribution is -0.135. The van der Waals surface area contributed by atoms with Crippen LogP contribution in [0, 0.1) is 0 Å². The summed E-state index contributed by atoms with van der Waals surface area (Å²) < 4.78 is 0. The number of carboxylic acids is 1. The molecule has 0 aliphatic rings. The second-order valence-electron chi connectivity index (χ2n) is 1.64. The number of nitrogens with zero attached hydrogens (tertiary/aromatic N) is 1. The summed E-state index contributed by atoms with van der Waals surface area (Å²) in [7, 11) is 1.48. The van der Waals surface area contributed by atoms with Crippen LogP contribution in [0.5, 0.6) is 0 Å². The zero-order valence-corrected chi connectivity index (χ0v) is 6.40. The molecule has 0 aromatic heterocycles. The summed E-state index contributed by atoms with van der Waals surface area (Å²) in [5.41, 5.74) is 2.06. The fourth-order valence-corrected chi connectivity index (χ4v) is 0.316. The number of carboxylic acid groups (broad SMARTS) is 1. The number of hydrogen-bond donors (Lipinski definition) is 3. The van der Waals surface area contributed by atoms with E-state index in [4.69, 9.17) is 5.11 Å². The van der Waals surface area contributed by atoms with Gasteiger partial charge in [-0.15, -0.1) is 0 Å². The van der Waals surface area contributed by atoms with Crippen LogP contribution in [0.25, 0.3) is 0 Å². The van der Waals surface area contributed by atoms with Crippen molar-refractivity contribution in [1.29, 1.82) is 0 Å². The Bertz CT molecular complexity index is 191. The van der Waals surface area contributed by atoms with Crippen LogP contribution in [0.15, 0.2) is 4.99 Å². The Labute approximate surface area is 68.4 Å². The number of amides is 1. The number of hydroxylamine groups is 1. The average molecular weight is 175 g/mol. The van der Waals surface area contributed by atoms with Gasteiger partial charge in [0, 0.05) is 7.05 Å². The maximum atomic E-state index is 10.5. The van der Waals surface area contributed by atoms with E-state index < -0.39 is 18.6 Å². The highest BCUT2D eigenvalue weighted by atomic mass is 16.7. The van der Waals surface area contributed by atoms with Gasteiger partial charge in [0.25, 0.3) is 0 Å². The van der Waals surface area contributed by atoms with Gasteiger partial charge in [-0.2, -0.15) is 0 Å².